The van der Waals surface area contributed by atoms with Gasteiger partial charge >= 0.3 is 12.2 Å². The summed E-state index contributed by atoms with van der Waals surface area (Å²) in [5.41, 5.74) is 8.91. The van der Waals surface area contributed by atoms with Crippen molar-refractivity contribution in [1.29, 1.82) is 0 Å². The third-order valence-electron chi connectivity index (χ3n) is 1.83. The predicted molar refractivity (Wildman–Crippen MR) is 51.4 cm³/mol. The van der Waals surface area contributed by atoms with Gasteiger partial charge in [0, 0.05) is 0 Å². The van der Waals surface area contributed by atoms with Crippen LogP contribution in [-0.2, 0) is 9.53 Å². The first-order chi connectivity index (χ1) is 6.63. The molecule has 0 spiro atoms. The van der Waals surface area contributed by atoms with E-state index in [9.17, 15) is 4.79 Å². The molecule has 5 heteroatoms. The summed E-state index contributed by atoms with van der Waals surface area (Å²) in [6, 6.07) is -0.426. The van der Waals surface area contributed by atoms with Crippen LogP contribution in [0.15, 0.2) is 4.99 Å². The zero-order valence-electron chi connectivity index (χ0n) is 8.30. The molecule has 1 rings (SSSR count). The second-order valence-corrected chi connectivity index (χ2v) is 3.41. The Morgan fingerprint density at radius 1 is 1.79 bits per heavy atom. The zero-order valence-corrected chi connectivity index (χ0v) is 8.30. The van der Waals surface area contributed by atoms with Gasteiger partial charge in [-0.1, -0.05) is 0 Å². The van der Waals surface area contributed by atoms with Crippen LogP contribution in [0.5, 0.6) is 0 Å². The highest BCUT2D eigenvalue weighted by Crippen LogP contribution is 2.14. The lowest BCUT2D eigenvalue weighted by Gasteiger charge is -2.10. The highest BCUT2D eigenvalue weighted by Gasteiger charge is 2.26. The number of carbonyl (C=O) groups is 1. The number of aliphatic imine (C=N–C) groups is 1. The van der Waals surface area contributed by atoms with E-state index < -0.39 is 6.04 Å². The molecule has 5 nitrogen and oxygen atoms in total. The monoisotopic (exact) mass is 195 g/mol. The third kappa shape index (κ3) is 2.78. The molecule has 1 aliphatic heterocycles. The Balaban J connectivity index is 2.56. The standard InChI is InChI=1S/C9H13N3O2/c1-6(2)14-9(13)8-4-3-7(12-8)5-11-10/h5-6,8H,3-4H2,1-2H3/t8-/m0/s1. The molecule has 0 aromatic carbocycles. The molecule has 0 amide bonds. The lowest BCUT2D eigenvalue weighted by molar-refractivity contribution is -0.148. The molecule has 14 heavy (non-hydrogen) atoms. The minimum Gasteiger partial charge on any atom is -0.461 e. The minimum absolute atomic E-state index is 0.117. The van der Waals surface area contributed by atoms with Gasteiger partial charge in [-0.2, -0.15) is 4.79 Å². The second kappa shape index (κ2) is 4.67. The van der Waals surface area contributed by atoms with Crippen molar-refractivity contribution in [3.63, 3.8) is 0 Å². The number of esters is 1. The number of nitrogens with zero attached hydrogens (tertiary/aromatic N) is 3. The molecule has 0 fully saturated rings. The first-order valence-corrected chi connectivity index (χ1v) is 4.58. The van der Waals surface area contributed by atoms with Crippen molar-refractivity contribution in [2.24, 2.45) is 4.99 Å². The van der Waals surface area contributed by atoms with E-state index >= 15 is 0 Å². The predicted octanol–water partition coefficient (Wildman–Crippen LogP) is 0.842. The van der Waals surface area contributed by atoms with Crippen LogP contribution in [0.2, 0.25) is 0 Å². The van der Waals surface area contributed by atoms with E-state index in [4.69, 9.17) is 10.3 Å². The fraction of sp³-hybridized carbons (Fsp3) is 0.667. The van der Waals surface area contributed by atoms with Gasteiger partial charge in [-0.05, 0) is 26.7 Å². The largest absolute Gasteiger partial charge is 0.461 e. The van der Waals surface area contributed by atoms with E-state index in [-0.39, 0.29) is 12.1 Å². The molecule has 1 aliphatic rings. The summed E-state index contributed by atoms with van der Waals surface area (Å²) in [6.07, 6.45) is 2.42. The van der Waals surface area contributed by atoms with E-state index in [1.807, 2.05) is 0 Å². The molecule has 0 saturated carbocycles. The van der Waals surface area contributed by atoms with Crippen LogP contribution < -0.4 is 0 Å². The molecule has 0 aliphatic carbocycles. The Hall–Kier alpha value is -1.48. The average Bonchev–Trinajstić information content (AvgIpc) is 2.52. The van der Waals surface area contributed by atoms with Crippen molar-refractivity contribution in [3.8, 4) is 0 Å². The van der Waals surface area contributed by atoms with Crippen LogP contribution in [0, 0.1) is 0 Å². The molecule has 0 aromatic rings. The number of hydrogen-bond acceptors (Lipinski definition) is 3. The van der Waals surface area contributed by atoms with Gasteiger partial charge in [0.05, 0.1) is 6.10 Å². The van der Waals surface area contributed by atoms with Crippen LogP contribution in [0.3, 0.4) is 0 Å². The first-order valence-electron chi connectivity index (χ1n) is 4.58. The summed E-state index contributed by atoms with van der Waals surface area (Å²) < 4.78 is 5.01. The number of carbonyl (C=O) groups excluding carboxylic acids is 1. The smallest absolute Gasteiger partial charge is 0.331 e. The van der Waals surface area contributed by atoms with Crippen molar-refractivity contribution >= 4 is 17.9 Å². The van der Waals surface area contributed by atoms with Crippen LogP contribution in [0.1, 0.15) is 26.7 Å². The van der Waals surface area contributed by atoms with Crippen LogP contribution in [0.25, 0.3) is 5.53 Å². The van der Waals surface area contributed by atoms with Crippen LogP contribution in [0.4, 0.5) is 0 Å². The first kappa shape index (κ1) is 10.6. The normalized spacial score (nSPS) is 20.2. The van der Waals surface area contributed by atoms with E-state index in [1.165, 1.54) is 6.21 Å². The molecule has 0 N–H and O–H groups in total. The van der Waals surface area contributed by atoms with Crippen molar-refractivity contribution in [2.75, 3.05) is 0 Å². The fourth-order valence-electron chi connectivity index (χ4n) is 1.26. The molecule has 0 aromatic heterocycles. The van der Waals surface area contributed by atoms with Gasteiger partial charge in [-0.3, -0.25) is 4.99 Å². The van der Waals surface area contributed by atoms with E-state index in [1.54, 1.807) is 13.8 Å². The van der Waals surface area contributed by atoms with Gasteiger partial charge in [0.25, 0.3) is 0 Å². The van der Waals surface area contributed by atoms with E-state index in [2.05, 4.69) is 9.78 Å². The molecule has 0 unspecified atom stereocenters. The van der Waals surface area contributed by atoms with Gasteiger partial charge in [0.1, 0.15) is 11.8 Å². The minimum atomic E-state index is -0.426. The van der Waals surface area contributed by atoms with Crippen molar-refractivity contribution < 1.29 is 14.3 Å². The maximum atomic E-state index is 11.4. The second-order valence-electron chi connectivity index (χ2n) is 3.41. The molecule has 1 heterocycles. The van der Waals surface area contributed by atoms with Gasteiger partial charge in [-0.25, -0.2) is 4.79 Å². The highest BCUT2D eigenvalue weighted by molar-refractivity contribution is 6.29. The van der Waals surface area contributed by atoms with E-state index in [0.717, 1.165) is 0 Å². The Bertz CT molecular complexity index is 303. The van der Waals surface area contributed by atoms with E-state index in [0.29, 0.717) is 18.6 Å². The molecule has 1 atom stereocenters. The summed E-state index contributed by atoms with van der Waals surface area (Å²) in [4.78, 5) is 18.3. The Morgan fingerprint density at radius 2 is 2.50 bits per heavy atom. The Kier molecular flexibility index (Phi) is 3.54. The Morgan fingerprint density at radius 3 is 3.07 bits per heavy atom. The lowest BCUT2D eigenvalue weighted by Crippen LogP contribution is -2.22. The summed E-state index contributed by atoms with van der Waals surface area (Å²) in [5, 5.41) is 0. The summed E-state index contributed by atoms with van der Waals surface area (Å²) in [5.74, 6) is -0.304. The Labute approximate surface area is 82.4 Å². The summed E-state index contributed by atoms with van der Waals surface area (Å²) in [7, 11) is 0. The number of ether oxygens (including phenoxy) is 1. The average molecular weight is 195 g/mol. The fourth-order valence-corrected chi connectivity index (χ4v) is 1.26. The SMILES string of the molecule is CC(C)OC(=O)[C@@H]1CCC(C=[N+]=[N-])=N1. The van der Waals surface area contributed by atoms with Crippen molar-refractivity contribution in [1.82, 2.24) is 0 Å². The topological polar surface area (TPSA) is 75.1 Å². The van der Waals surface area contributed by atoms with Crippen molar-refractivity contribution in [3.05, 3.63) is 5.53 Å². The summed E-state index contributed by atoms with van der Waals surface area (Å²) >= 11 is 0. The van der Waals surface area contributed by atoms with Crippen LogP contribution >= 0.6 is 0 Å². The van der Waals surface area contributed by atoms with Gasteiger partial charge < -0.3 is 10.3 Å². The van der Waals surface area contributed by atoms with Gasteiger partial charge in [0.15, 0.2) is 0 Å². The molecular formula is C9H13N3O2. The maximum absolute atomic E-state index is 11.4. The molecule has 0 bridgehead atoms. The highest BCUT2D eigenvalue weighted by atomic mass is 16.5. The van der Waals surface area contributed by atoms with Crippen molar-refractivity contribution in [2.45, 2.75) is 38.8 Å². The number of hydrogen-bond donors (Lipinski definition) is 0. The molecule has 0 radical (unpaired) electrons. The maximum Gasteiger partial charge on any atom is 0.331 e. The van der Waals surface area contributed by atoms with Crippen LogP contribution in [-0.4, -0.2) is 34.8 Å². The van der Waals surface area contributed by atoms with Gasteiger partial charge in [0.2, 0.25) is 0 Å². The summed E-state index contributed by atoms with van der Waals surface area (Å²) in [6.45, 7) is 3.60. The quantitative estimate of drug-likeness (QED) is 0.289. The molecule has 0 saturated heterocycles. The molecule has 76 valence electrons. The lowest BCUT2D eigenvalue weighted by atomic mass is 10.2. The zero-order chi connectivity index (χ0) is 10.6. The van der Waals surface area contributed by atoms with Gasteiger partial charge in [-0.15, -0.1) is 0 Å². The number of rotatable bonds is 3. The molecular weight excluding hydrogens is 182 g/mol. The third-order valence-corrected chi connectivity index (χ3v) is 1.83.